The molecule has 0 bridgehead atoms. The van der Waals surface area contributed by atoms with E-state index in [-0.39, 0.29) is 6.09 Å². The third-order valence-corrected chi connectivity index (χ3v) is 4.59. The first-order valence-corrected chi connectivity index (χ1v) is 10.4. The number of hydrogen-bond donors (Lipinski definition) is 2. The molecule has 1 aromatic carbocycles. The maximum atomic E-state index is 11.8. The quantitative estimate of drug-likeness (QED) is 0.373. The molecular formula is C21H34N4O4. The first-order chi connectivity index (χ1) is 14.2. The number of rotatable bonds is 9. The van der Waals surface area contributed by atoms with E-state index in [4.69, 9.17) is 14.2 Å². The second kappa shape index (κ2) is 12.7. The number of ether oxygens (including phenoxy) is 3. The van der Waals surface area contributed by atoms with Crippen molar-refractivity contribution in [2.75, 3.05) is 46.5 Å². The van der Waals surface area contributed by atoms with Gasteiger partial charge in [-0.25, -0.2) is 4.79 Å². The van der Waals surface area contributed by atoms with Crippen molar-refractivity contribution in [3.63, 3.8) is 0 Å². The summed E-state index contributed by atoms with van der Waals surface area (Å²) in [7, 11) is 1.64. The Morgan fingerprint density at radius 1 is 1.24 bits per heavy atom. The van der Waals surface area contributed by atoms with Crippen molar-refractivity contribution in [1.29, 1.82) is 0 Å². The Hall–Kier alpha value is -2.64. The van der Waals surface area contributed by atoms with Crippen LogP contribution in [0.2, 0.25) is 0 Å². The van der Waals surface area contributed by atoms with Gasteiger partial charge in [-0.2, -0.15) is 0 Å². The maximum absolute atomic E-state index is 11.8. The van der Waals surface area contributed by atoms with Crippen LogP contribution in [0.4, 0.5) is 4.79 Å². The second-order valence-electron chi connectivity index (χ2n) is 6.75. The van der Waals surface area contributed by atoms with E-state index >= 15 is 0 Å². The smallest absolute Gasteiger partial charge is 0.409 e. The minimum absolute atomic E-state index is 0.220. The van der Waals surface area contributed by atoms with Crippen LogP contribution in [0, 0.1) is 0 Å². The zero-order valence-corrected chi connectivity index (χ0v) is 17.8. The highest BCUT2D eigenvalue weighted by Gasteiger charge is 2.23. The van der Waals surface area contributed by atoms with Gasteiger partial charge in [-0.05, 0) is 38.8 Å². The third-order valence-electron chi connectivity index (χ3n) is 4.59. The van der Waals surface area contributed by atoms with Crippen molar-refractivity contribution >= 4 is 12.1 Å². The molecule has 8 nitrogen and oxygen atoms in total. The number of aliphatic imine (C=N–C) groups is 1. The van der Waals surface area contributed by atoms with E-state index < -0.39 is 0 Å². The largest absolute Gasteiger partial charge is 0.497 e. The molecule has 1 saturated heterocycles. The van der Waals surface area contributed by atoms with E-state index in [0.29, 0.717) is 38.9 Å². The number of nitrogens with one attached hydrogen (secondary N) is 2. The van der Waals surface area contributed by atoms with Crippen LogP contribution in [0.25, 0.3) is 0 Å². The van der Waals surface area contributed by atoms with Crippen molar-refractivity contribution in [2.45, 2.75) is 39.2 Å². The normalized spacial score (nSPS) is 15.0. The van der Waals surface area contributed by atoms with E-state index in [1.807, 2.05) is 38.1 Å². The van der Waals surface area contributed by atoms with E-state index in [2.05, 4.69) is 15.6 Å². The Morgan fingerprint density at radius 2 is 2.00 bits per heavy atom. The molecule has 1 aliphatic heterocycles. The Balaban J connectivity index is 1.71. The highest BCUT2D eigenvalue weighted by molar-refractivity contribution is 5.80. The highest BCUT2D eigenvalue weighted by atomic mass is 16.6. The molecule has 8 heteroatoms. The number of likely N-dealkylation sites (tertiary alicyclic amines) is 1. The van der Waals surface area contributed by atoms with E-state index in [0.717, 1.165) is 43.3 Å². The molecule has 0 radical (unpaired) electrons. The Bertz CT molecular complexity index is 645. The van der Waals surface area contributed by atoms with Crippen molar-refractivity contribution in [3.05, 3.63) is 24.3 Å². The summed E-state index contributed by atoms with van der Waals surface area (Å²) in [6.45, 7) is 7.74. The van der Waals surface area contributed by atoms with Crippen LogP contribution in [0.1, 0.15) is 33.1 Å². The molecule has 1 amide bonds. The van der Waals surface area contributed by atoms with Crippen LogP contribution < -0.4 is 20.1 Å². The number of benzene rings is 1. The molecule has 0 aliphatic carbocycles. The summed E-state index contributed by atoms with van der Waals surface area (Å²) in [6, 6.07) is 7.89. The van der Waals surface area contributed by atoms with Crippen LogP contribution in [0.15, 0.2) is 29.3 Å². The van der Waals surface area contributed by atoms with Crippen LogP contribution in [0.5, 0.6) is 11.5 Å². The molecule has 0 aromatic heterocycles. The summed E-state index contributed by atoms with van der Waals surface area (Å²) in [5.41, 5.74) is 0. The number of carbonyl (C=O) groups is 1. The van der Waals surface area contributed by atoms with Gasteiger partial charge in [0.25, 0.3) is 0 Å². The minimum atomic E-state index is -0.220. The molecule has 1 aliphatic rings. The van der Waals surface area contributed by atoms with E-state index in [1.165, 1.54) is 0 Å². The van der Waals surface area contributed by atoms with Gasteiger partial charge >= 0.3 is 6.09 Å². The van der Waals surface area contributed by atoms with Gasteiger partial charge in [0.1, 0.15) is 11.5 Å². The van der Waals surface area contributed by atoms with Gasteiger partial charge in [-0.15, -0.1) is 0 Å². The molecule has 0 atom stereocenters. The molecule has 1 heterocycles. The third kappa shape index (κ3) is 8.09. The summed E-state index contributed by atoms with van der Waals surface area (Å²) in [6.07, 6.45) is 2.35. The fourth-order valence-electron chi connectivity index (χ4n) is 3.07. The summed E-state index contributed by atoms with van der Waals surface area (Å²) >= 11 is 0. The summed E-state index contributed by atoms with van der Waals surface area (Å²) in [5, 5.41) is 6.76. The van der Waals surface area contributed by atoms with Gasteiger partial charge in [0.15, 0.2) is 5.96 Å². The number of guanidine groups is 1. The molecule has 0 spiro atoms. The summed E-state index contributed by atoms with van der Waals surface area (Å²) < 4.78 is 16.0. The summed E-state index contributed by atoms with van der Waals surface area (Å²) in [5.74, 6) is 2.39. The van der Waals surface area contributed by atoms with E-state index in [1.54, 1.807) is 12.0 Å². The van der Waals surface area contributed by atoms with Crippen molar-refractivity contribution in [1.82, 2.24) is 15.5 Å². The molecule has 1 aromatic rings. The first kappa shape index (κ1) is 22.6. The lowest BCUT2D eigenvalue weighted by atomic mass is 10.1. The van der Waals surface area contributed by atoms with E-state index in [9.17, 15) is 4.79 Å². The molecule has 2 N–H and O–H groups in total. The second-order valence-corrected chi connectivity index (χ2v) is 6.75. The first-order valence-electron chi connectivity index (χ1n) is 10.4. The zero-order chi connectivity index (χ0) is 20.9. The number of hydrogen-bond acceptors (Lipinski definition) is 5. The predicted molar refractivity (Wildman–Crippen MR) is 114 cm³/mol. The Kier molecular flexibility index (Phi) is 9.95. The average molecular weight is 407 g/mol. The topological polar surface area (TPSA) is 84.4 Å². The van der Waals surface area contributed by atoms with Gasteiger partial charge in [-0.1, -0.05) is 6.07 Å². The average Bonchev–Trinajstić information content (AvgIpc) is 2.74. The van der Waals surface area contributed by atoms with Crippen molar-refractivity contribution < 1.29 is 19.0 Å². The molecule has 2 rings (SSSR count). The monoisotopic (exact) mass is 406 g/mol. The van der Waals surface area contributed by atoms with Gasteiger partial charge < -0.3 is 29.7 Å². The number of amides is 1. The number of piperidine rings is 1. The van der Waals surface area contributed by atoms with Gasteiger partial charge in [0.05, 0.1) is 20.3 Å². The highest BCUT2D eigenvalue weighted by Crippen LogP contribution is 2.18. The fourth-order valence-corrected chi connectivity index (χ4v) is 3.07. The lowest BCUT2D eigenvalue weighted by Crippen LogP contribution is -2.49. The number of nitrogens with zero attached hydrogens (tertiary/aromatic N) is 2. The van der Waals surface area contributed by atoms with Gasteiger partial charge in [0.2, 0.25) is 0 Å². The molecule has 162 valence electrons. The fraction of sp³-hybridized carbons (Fsp3) is 0.619. The molecular weight excluding hydrogens is 372 g/mol. The molecule has 29 heavy (non-hydrogen) atoms. The van der Waals surface area contributed by atoms with Crippen molar-refractivity contribution in [2.24, 2.45) is 4.99 Å². The zero-order valence-electron chi connectivity index (χ0n) is 17.8. The molecule has 0 unspecified atom stereocenters. The van der Waals surface area contributed by atoms with Gasteiger partial charge in [0, 0.05) is 44.7 Å². The summed E-state index contributed by atoms with van der Waals surface area (Å²) in [4.78, 5) is 18.2. The minimum Gasteiger partial charge on any atom is -0.497 e. The van der Waals surface area contributed by atoms with Crippen LogP contribution in [-0.2, 0) is 4.74 Å². The lowest BCUT2D eigenvalue weighted by molar-refractivity contribution is 0.0963. The standard InChI is InChI=1S/C21H34N4O4/c1-4-22-20(24-17-10-13-25(14-11-17)21(26)28-5-2)23-12-7-15-29-19-9-6-8-18(16-19)27-3/h6,8-9,16-17H,4-5,7,10-15H2,1-3H3,(H2,22,23,24). The van der Waals surface area contributed by atoms with Gasteiger partial charge in [-0.3, -0.25) is 4.99 Å². The van der Waals surface area contributed by atoms with Crippen molar-refractivity contribution in [3.8, 4) is 11.5 Å². The number of methoxy groups -OCH3 is 1. The Morgan fingerprint density at radius 3 is 2.69 bits per heavy atom. The molecule has 1 fully saturated rings. The lowest BCUT2D eigenvalue weighted by Gasteiger charge is -2.32. The molecule has 0 saturated carbocycles. The SMILES string of the molecule is CCNC(=NCCCOc1cccc(OC)c1)NC1CCN(C(=O)OCC)CC1. The van der Waals surface area contributed by atoms with Crippen LogP contribution in [-0.4, -0.2) is 69.5 Å². The van der Waals surface area contributed by atoms with Crippen LogP contribution >= 0.6 is 0 Å². The predicted octanol–water partition coefficient (Wildman–Crippen LogP) is 2.64. The maximum Gasteiger partial charge on any atom is 0.409 e. The van der Waals surface area contributed by atoms with Crippen LogP contribution in [0.3, 0.4) is 0 Å². The Labute approximate surface area is 173 Å². The number of carbonyl (C=O) groups excluding carboxylic acids is 1.